The van der Waals surface area contributed by atoms with Crippen LogP contribution in [-0.2, 0) is 16.6 Å². The van der Waals surface area contributed by atoms with Crippen molar-refractivity contribution in [1.29, 1.82) is 0 Å². The number of nitrogens with two attached hydrogens (primary N) is 1. The van der Waals surface area contributed by atoms with Crippen molar-refractivity contribution in [3.63, 3.8) is 0 Å². The summed E-state index contributed by atoms with van der Waals surface area (Å²) in [7, 11) is -1.87. The van der Waals surface area contributed by atoms with E-state index < -0.39 is 10.0 Å². The van der Waals surface area contributed by atoms with Crippen LogP contribution in [0.2, 0.25) is 0 Å². The van der Waals surface area contributed by atoms with Crippen molar-refractivity contribution >= 4 is 10.0 Å². The largest absolute Gasteiger partial charge is 0.465 e. The first-order chi connectivity index (χ1) is 8.87. The van der Waals surface area contributed by atoms with Gasteiger partial charge in [-0.15, -0.1) is 0 Å². The lowest BCUT2D eigenvalue weighted by Gasteiger charge is -2.29. The minimum atomic E-state index is -3.50. The normalized spacial score (nSPS) is 16.9. The summed E-state index contributed by atoms with van der Waals surface area (Å²) in [6.45, 7) is 4.18. The van der Waals surface area contributed by atoms with Crippen LogP contribution >= 0.6 is 0 Å². The van der Waals surface area contributed by atoms with Crippen LogP contribution in [0.25, 0.3) is 0 Å². The van der Waals surface area contributed by atoms with E-state index in [0.29, 0.717) is 29.5 Å². The van der Waals surface area contributed by atoms with E-state index in [4.69, 9.17) is 10.2 Å². The van der Waals surface area contributed by atoms with Crippen LogP contribution in [0.1, 0.15) is 36.3 Å². The van der Waals surface area contributed by atoms with E-state index in [9.17, 15) is 8.42 Å². The van der Waals surface area contributed by atoms with Crippen molar-refractivity contribution in [3.05, 3.63) is 17.1 Å². The fourth-order valence-corrected chi connectivity index (χ4v) is 4.24. The molecular weight excluding hydrogens is 264 g/mol. The Labute approximate surface area is 114 Å². The van der Waals surface area contributed by atoms with E-state index in [2.05, 4.69) is 0 Å². The van der Waals surface area contributed by atoms with E-state index in [-0.39, 0.29) is 11.4 Å². The highest BCUT2D eigenvalue weighted by Crippen LogP contribution is 2.31. The molecule has 0 aromatic carbocycles. The summed E-state index contributed by atoms with van der Waals surface area (Å²) in [6.07, 6.45) is 3.44. The van der Waals surface area contributed by atoms with Crippen LogP contribution in [0.3, 0.4) is 0 Å². The molecule has 1 aromatic rings. The standard InChI is InChI=1S/C13H22N2O3S/c1-9-12(7-14)13(10(2)18-9)19(16,17)15(3)8-11-5-4-6-11/h11H,4-8,14H2,1-3H3. The number of nitrogens with zero attached hydrogens (tertiary/aromatic N) is 1. The van der Waals surface area contributed by atoms with Gasteiger partial charge in [-0.1, -0.05) is 6.42 Å². The highest BCUT2D eigenvalue weighted by molar-refractivity contribution is 7.89. The predicted octanol–water partition coefficient (Wildman–Crippen LogP) is 1.78. The second-order valence-corrected chi connectivity index (χ2v) is 7.29. The average Bonchev–Trinajstić information content (AvgIpc) is 2.58. The SMILES string of the molecule is Cc1oc(C)c(S(=O)(=O)N(C)CC2CCC2)c1CN. The van der Waals surface area contributed by atoms with Crippen LogP contribution in [0.4, 0.5) is 0 Å². The molecule has 0 atom stereocenters. The molecule has 0 amide bonds. The maximum Gasteiger partial charge on any atom is 0.246 e. The molecule has 1 heterocycles. The van der Waals surface area contributed by atoms with Crippen LogP contribution in [0, 0.1) is 19.8 Å². The number of hydrogen-bond acceptors (Lipinski definition) is 4. The molecule has 0 aliphatic heterocycles. The fourth-order valence-electron chi connectivity index (χ4n) is 2.58. The Morgan fingerprint density at radius 1 is 1.32 bits per heavy atom. The van der Waals surface area contributed by atoms with E-state index in [1.165, 1.54) is 10.7 Å². The lowest BCUT2D eigenvalue weighted by Crippen LogP contribution is -2.35. The van der Waals surface area contributed by atoms with Crippen molar-refractivity contribution in [1.82, 2.24) is 4.31 Å². The summed E-state index contributed by atoms with van der Waals surface area (Å²) in [5.74, 6) is 1.52. The lowest BCUT2D eigenvalue weighted by atomic mass is 9.86. The number of aryl methyl sites for hydroxylation is 2. The molecule has 0 bridgehead atoms. The van der Waals surface area contributed by atoms with Gasteiger partial charge in [0.2, 0.25) is 10.0 Å². The zero-order valence-corrected chi connectivity index (χ0v) is 12.6. The van der Waals surface area contributed by atoms with Gasteiger partial charge in [-0.25, -0.2) is 12.7 Å². The molecule has 19 heavy (non-hydrogen) atoms. The van der Waals surface area contributed by atoms with Crippen molar-refractivity contribution in [3.8, 4) is 0 Å². The zero-order chi connectivity index (χ0) is 14.2. The zero-order valence-electron chi connectivity index (χ0n) is 11.8. The van der Waals surface area contributed by atoms with Crippen LogP contribution in [0.5, 0.6) is 0 Å². The molecule has 1 aromatic heterocycles. The molecule has 0 unspecified atom stereocenters. The lowest BCUT2D eigenvalue weighted by molar-refractivity contribution is 0.262. The van der Waals surface area contributed by atoms with Gasteiger partial charge in [-0.05, 0) is 32.6 Å². The van der Waals surface area contributed by atoms with Crippen molar-refractivity contribution in [2.24, 2.45) is 11.7 Å². The van der Waals surface area contributed by atoms with Gasteiger partial charge in [0.05, 0.1) is 0 Å². The third kappa shape index (κ3) is 2.57. The van der Waals surface area contributed by atoms with Crippen LogP contribution in [-0.4, -0.2) is 26.3 Å². The predicted molar refractivity (Wildman–Crippen MR) is 73.2 cm³/mol. The van der Waals surface area contributed by atoms with Crippen molar-refractivity contribution in [2.45, 2.75) is 44.6 Å². The Bertz CT molecular complexity index is 559. The van der Waals surface area contributed by atoms with E-state index in [0.717, 1.165) is 12.8 Å². The molecular formula is C13H22N2O3S. The monoisotopic (exact) mass is 286 g/mol. The van der Waals surface area contributed by atoms with Crippen molar-refractivity contribution in [2.75, 3.05) is 13.6 Å². The van der Waals surface area contributed by atoms with E-state index in [1.54, 1.807) is 20.9 Å². The Kier molecular flexibility index (Phi) is 4.03. The van der Waals surface area contributed by atoms with Gasteiger partial charge in [0.1, 0.15) is 16.4 Å². The minimum Gasteiger partial charge on any atom is -0.465 e. The van der Waals surface area contributed by atoms with Gasteiger partial charge in [0.15, 0.2) is 0 Å². The molecule has 1 aliphatic rings. The van der Waals surface area contributed by atoms with Gasteiger partial charge < -0.3 is 10.2 Å². The highest BCUT2D eigenvalue weighted by atomic mass is 32.2. The first-order valence-electron chi connectivity index (χ1n) is 6.63. The van der Waals surface area contributed by atoms with Gasteiger partial charge in [-0.3, -0.25) is 0 Å². The second kappa shape index (κ2) is 5.26. The molecule has 0 saturated heterocycles. The number of furan rings is 1. The molecule has 1 saturated carbocycles. The van der Waals surface area contributed by atoms with E-state index in [1.807, 2.05) is 0 Å². The second-order valence-electron chi connectivity index (χ2n) is 5.31. The Hall–Kier alpha value is -0.850. The topological polar surface area (TPSA) is 76.5 Å². The Morgan fingerprint density at radius 3 is 2.42 bits per heavy atom. The fraction of sp³-hybridized carbons (Fsp3) is 0.692. The average molecular weight is 286 g/mol. The molecule has 5 nitrogen and oxygen atoms in total. The number of rotatable bonds is 5. The molecule has 1 fully saturated rings. The molecule has 6 heteroatoms. The number of sulfonamides is 1. The summed E-state index contributed by atoms with van der Waals surface area (Å²) in [5, 5.41) is 0. The molecule has 0 spiro atoms. The van der Waals surface area contributed by atoms with Gasteiger partial charge >= 0.3 is 0 Å². The molecule has 2 rings (SSSR count). The minimum absolute atomic E-state index is 0.176. The quantitative estimate of drug-likeness (QED) is 0.895. The summed E-state index contributed by atoms with van der Waals surface area (Å²) in [6, 6.07) is 0. The molecule has 108 valence electrons. The van der Waals surface area contributed by atoms with Gasteiger partial charge in [0.25, 0.3) is 0 Å². The summed E-state index contributed by atoms with van der Waals surface area (Å²) in [4.78, 5) is 0.259. The molecule has 1 aliphatic carbocycles. The maximum atomic E-state index is 12.6. The summed E-state index contributed by atoms with van der Waals surface area (Å²) < 4.78 is 32.1. The summed E-state index contributed by atoms with van der Waals surface area (Å²) >= 11 is 0. The van der Waals surface area contributed by atoms with Crippen LogP contribution < -0.4 is 5.73 Å². The van der Waals surface area contributed by atoms with E-state index >= 15 is 0 Å². The van der Waals surface area contributed by atoms with Gasteiger partial charge in [0, 0.05) is 25.7 Å². The number of hydrogen-bond donors (Lipinski definition) is 1. The third-order valence-corrected chi connectivity index (χ3v) is 5.96. The first-order valence-corrected chi connectivity index (χ1v) is 8.07. The molecule has 2 N–H and O–H groups in total. The summed E-state index contributed by atoms with van der Waals surface area (Å²) in [5.41, 5.74) is 6.25. The molecule has 0 radical (unpaired) electrons. The first kappa shape index (κ1) is 14.6. The van der Waals surface area contributed by atoms with Crippen LogP contribution in [0.15, 0.2) is 9.31 Å². The third-order valence-electron chi connectivity index (χ3n) is 3.94. The van der Waals surface area contributed by atoms with Gasteiger partial charge in [-0.2, -0.15) is 0 Å². The smallest absolute Gasteiger partial charge is 0.246 e. The Balaban J connectivity index is 2.32. The Morgan fingerprint density at radius 2 is 1.95 bits per heavy atom. The van der Waals surface area contributed by atoms with Crippen molar-refractivity contribution < 1.29 is 12.8 Å². The maximum absolute atomic E-state index is 12.6. The highest BCUT2D eigenvalue weighted by Gasteiger charge is 2.32.